The summed E-state index contributed by atoms with van der Waals surface area (Å²) >= 11 is 0. The smallest absolute Gasteiger partial charge is 0.352 e. The zero-order valence-corrected chi connectivity index (χ0v) is 11.2. The van der Waals surface area contributed by atoms with Gasteiger partial charge in [-0.05, 0) is 55.5 Å². The monoisotopic (exact) mass is 269 g/mol. The first kappa shape index (κ1) is 12.7. The zero-order valence-electron chi connectivity index (χ0n) is 11.2. The molecule has 1 aromatic heterocycles. The molecule has 3 rings (SSSR count). The Kier molecular flexibility index (Phi) is 2.93. The minimum Gasteiger partial charge on any atom is -0.477 e. The number of aromatic carboxylic acids is 1. The summed E-state index contributed by atoms with van der Waals surface area (Å²) < 4.78 is 1.58. The first-order valence-electron chi connectivity index (χ1n) is 6.65. The van der Waals surface area contributed by atoms with E-state index in [0.29, 0.717) is 5.56 Å². The number of benzene rings is 1. The maximum atomic E-state index is 11.4. The van der Waals surface area contributed by atoms with Crippen LogP contribution in [0.15, 0.2) is 30.5 Å². The van der Waals surface area contributed by atoms with Gasteiger partial charge in [0.1, 0.15) is 5.69 Å². The molecule has 102 valence electrons. The highest BCUT2D eigenvalue weighted by Gasteiger charge is 2.17. The molecule has 0 atom stereocenters. The average Bonchev–Trinajstić information content (AvgIpc) is 3.04. The number of fused-ring (bicyclic) bond motifs is 1. The van der Waals surface area contributed by atoms with E-state index in [2.05, 4.69) is 6.07 Å². The van der Waals surface area contributed by atoms with Crippen LogP contribution in [0.4, 0.5) is 0 Å². The molecule has 20 heavy (non-hydrogen) atoms. The van der Waals surface area contributed by atoms with Crippen molar-refractivity contribution in [3.05, 3.63) is 52.8 Å². The minimum absolute atomic E-state index is 0.119. The zero-order chi connectivity index (χ0) is 14.3. The fourth-order valence-corrected chi connectivity index (χ4v) is 2.74. The van der Waals surface area contributed by atoms with Gasteiger partial charge in [0.15, 0.2) is 5.78 Å². The Balaban J connectivity index is 2.13. The van der Waals surface area contributed by atoms with Crippen LogP contribution in [0, 0.1) is 0 Å². The highest BCUT2D eigenvalue weighted by Crippen LogP contribution is 2.26. The largest absolute Gasteiger partial charge is 0.477 e. The summed E-state index contributed by atoms with van der Waals surface area (Å²) in [6.45, 7) is 1.44. The summed E-state index contributed by atoms with van der Waals surface area (Å²) in [6, 6.07) is 7.42. The topological polar surface area (TPSA) is 59.3 Å². The van der Waals surface area contributed by atoms with Crippen LogP contribution in [-0.2, 0) is 12.8 Å². The first-order chi connectivity index (χ1) is 9.56. The molecule has 1 aliphatic carbocycles. The van der Waals surface area contributed by atoms with Gasteiger partial charge in [-0.15, -0.1) is 0 Å². The number of carboxylic acids is 1. The molecule has 2 aromatic rings. The lowest BCUT2D eigenvalue weighted by Gasteiger charge is -2.08. The molecular formula is C16H15NO3. The highest BCUT2D eigenvalue weighted by molar-refractivity contribution is 5.97. The van der Waals surface area contributed by atoms with Gasteiger partial charge in [-0.25, -0.2) is 4.79 Å². The SMILES string of the molecule is CC(=O)c1cc(C(=O)O)n(-c2ccc3c(c2)CCC3)c1. The quantitative estimate of drug-likeness (QED) is 0.872. The Morgan fingerprint density at radius 3 is 2.60 bits per heavy atom. The van der Waals surface area contributed by atoms with Crippen LogP contribution in [0.2, 0.25) is 0 Å². The van der Waals surface area contributed by atoms with Crippen LogP contribution in [0.5, 0.6) is 0 Å². The molecule has 1 aliphatic rings. The third-order valence-corrected chi connectivity index (χ3v) is 3.81. The number of nitrogens with zero attached hydrogens (tertiary/aromatic N) is 1. The Morgan fingerprint density at radius 1 is 1.15 bits per heavy atom. The first-order valence-corrected chi connectivity index (χ1v) is 6.65. The van der Waals surface area contributed by atoms with Crippen molar-refractivity contribution < 1.29 is 14.7 Å². The predicted octanol–water partition coefficient (Wildman–Crippen LogP) is 2.87. The summed E-state index contributed by atoms with van der Waals surface area (Å²) in [4.78, 5) is 22.8. The Hall–Kier alpha value is -2.36. The molecule has 0 amide bonds. The van der Waals surface area contributed by atoms with Gasteiger partial charge in [-0.3, -0.25) is 4.79 Å². The Labute approximate surface area is 116 Å². The van der Waals surface area contributed by atoms with Gasteiger partial charge in [-0.2, -0.15) is 0 Å². The van der Waals surface area contributed by atoms with Crippen molar-refractivity contribution in [2.45, 2.75) is 26.2 Å². The molecule has 0 bridgehead atoms. The lowest BCUT2D eigenvalue weighted by Crippen LogP contribution is -2.05. The van der Waals surface area contributed by atoms with Crippen LogP contribution in [0.3, 0.4) is 0 Å². The average molecular weight is 269 g/mol. The van der Waals surface area contributed by atoms with Crippen molar-refractivity contribution in [1.29, 1.82) is 0 Å². The van der Waals surface area contributed by atoms with E-state index in [-0.39, 0.29) is 11.5 Å². The molecule has 0 saturated carbocycles. The van der Waals surface area contributed by atoms with Crippen molar-refractivity contribution in [2.75, 3.05) is 0 Å². The third kappa shape index (κ3) is 2.03. The van der Waals surface area contributed by atoms with E-state index >= 15 is 0 Å². The number of hydrogen-bond acceptors (Lipinski definition) is 2. The minimum atomic E-state index is -1.03. The molecule has 0 unspecified atom stereocenters. The Morgan fingerprint density at radius 2 is 1.90 bits per heavy atom. The second kappa shape index (κ2) is 4.63. The number of carbonyl (C=O) groups is 2. The second-order valence-electron chi connectivity index (χ2n) is 5.15. The van der Waals surface area contributed by atoms with E-state index in [1.165, 1.54) is 24.1 Å². The number of carboxylic acid groups (broad SMARTS) is 1. The van der Waals surface area contributed by atoms with Crippen molar-refractivity contribution in [3.63, 3.8) is 0 Å². The normalized spacial score (nSPS) is 13.2. The Bertz CT molecular complexity index is 713. The van der Waals surface area contributed by atoms with E-state index in [9.17, 15) is 14.7 Å². The van der Waals surface area contributed by atoms with E-state index < -0.39 is 5.97 Å². The van der Waals surface area contributed by atoms with E-state index in [1.54, 1.807) is 10.8 Å². The van der Waals surface area contributed by atoms with Gasteiger partial charge >= 0.3 is 5.97 Å². The highest BCUT2D eigenvalue weighted by atomic mass is 16.4. The van der Waals surface area contributed by atoms with Gasteiger partial charge in [0.2, 0.25) is 0 Å². The van der Waals surface area contributed by atoms with Gasteiger partial charge in [-0.1, -0.05) is 6.07 Å². The van der Waals surface area contributed by atoms with Crippen LogP contribution in [0.25, 0.3) is 5.69 Å². The van der Waals surface area contributed by atoms with E-state index in [4.69, 9.17) is 0 Å². The standard InChI is InChI=1S/C16H15NO3/c1-10(18)13-8-15(16(19)20)17(9-13)14-6-5-11-3-2-4-12(11)7-14/h5-9H,2-4H2,1H3,(H,19,20). The van der Waals surface area contributed by atoms with E-state index in [0.717, 1.165) is 24.9 Å². The van der Waals surface area contributed by atoms with Gasteiger partial charge in [0.25, 0.3) is 0 Å². The number of ketones is 1. The molecule has 1 heterocycles. The summed E-state index contributed by atoms with van der Waals surface area (Å²) in [5.74, 6) is -1.16. The molecule has 1 aromatic carbocycles. The molecule has 0 fully saturated rings. The number of rotatable bonds is 3. The summed E-state index contributed by atoms with van der Waals surface area (Å²) in [6.07, 6.45) is 4.87. The maximum Gasteiger partial charge on any atom is 0.352 e. The molecule has 1 N–H and O–H groups in total. The van der Waals surface area contributed by atoms with Crippen LogP contribution < -0.4 is 0 Å². The lowest BCUT2D eigenvalue weighted by atomic mass is 10.1. The number of aromatic nitrogens is 1. The predicted molar refractivity (Wildman–Crippen MR) is 74.8 cm³/mol. The summed E-state index contributed by atoms with van der Waals surface area (Å²) in [5.41, 5.74) is 3.95. The van der Waals surface area contributed by atoms with Crippen molar-refractivity contribution in [1.82, 2.24) is 4.57 Å². The molecule has 0 aliphatic heterocycles. The maximum absolute atomic E-state index is 11.4. The molecule has 0 saturated heterocycles. The molecule has 4 nitrogen and oxygen atoms in total. The number of hydrogen-bond donors (Lipinski definition) is 1. The molecular weight excluding hydrogens is 254 g/mol. The number of Topliss-reactive ketones (excluding diaryl/α,β-unsaturated/α-hetero) is 1. The molecule has 4 heteroatoms. The van der Waals surface area contributed by atoms with Crippen molar-refractivity contribution >= 4 is 11.8 Å². The number of carbonyl (C=O) groups excluding carboxylic acids is 1. The second-order valence-corrected chi connectivity index (χ2v) is 5.15. The van der Waals surface area contributed by atoms with Crippen molar-refractivity contribution in [3.8, 4) is 5.69 Å². The fourth-order valence-electron chi connectivity index (χ4n) is 2.74. The van der Waals surface area contributed by atoms with E-state index in [1.807, 2.05) is 12.1 Å². The summed E-state index contributed by atoms with van der Waals surface area (Å²) in [5, 5.41) is 9.28. The van der Waals surface area contributed by atoms with Crippen LogP contribution in [-0.4, -0.2) is 21.4 Å². The fraction of sp³-hybridized carbons (Fsp3) is 0.250. The molecule has 0 spiro atoms. The summed E-state index contributed by atoms with van der Waals surface area (Å²) in [7, 11) is 0. The van der Waals surface area contributed by atoms with Gasteiger partial charge in [0, 0.05) is 17.4 Å². The van der Waals surface area contributed by atoms with Crippen molar-refractivity contribution in [2.24, 2.45) is 0 Å². The molecule has 0 radical (unpaired) electrons. The van der Waals surface area contributed by atoms with Crippen LogP contribution in [0.1, 0.15) is 45.3 Å². The third-order valence-electron chi connectivity index (χ3n) is 3.81. The van der Waals surface area contributed by atoms with Gasteiger partial charge in [0.05, 0.1) is 0 Å². The lowest BCUT2D eigenvalue weighted by molar-refractivity contribution is 0.0688. The number of aryl methyl sites for hydroxylation is 2. The van der Waals surface area contributed by atoms with Crippen LogP contribution >= 0.6 is 0 Å². The van der Waals surface area contributed by atoms with Gasteiger partial charge < -0.3 is 9.67 Å².